The van der Waals surface area contributed by atoms with Gasteiger partial charge in [-0.15, -0.1) is 0 Å². The highest BCUT2D eigenvalue weighted by Crippen LogP contribution is 2.61. The Hall–Kier alpha value is -0.390. The molecule has 1 amide bonds. The van der Waals surface area contributed by atoms with Crippen molar-refractivity contribution in [2.45, 2.75) is 44.1 Å². The van der Waals surface area contributed by atoms with Crippen molar-refractivity contribution in [3.63, 3.8) is 0 Å². The zero-order valence-corrected chi connectivity index (χ0v) is 12.8. The number of nitrogens with one attached hydrogen (secondary N) is 1. The van der Waals surface area contributed by atoms with Gasteiger partial charge in [-0.1, -0.05) is 11.6 Å². The molecule has 4 fully saturated rings. The van der Waals surface area contributed by atoms with Crippen molar-refractivity contribution in [2.75, 3.05) is 6.54 Å². The highest BCUT2D eigenvalue weighted by atomic mass is 35.5. The molecule has 0 saturated heterocycles. The molecule has 0 aromatic heterocycles. The predicted molar refractivity (Wildman–Crippen MR) is 82.0 cm³/mol. The predicted octanol–water partition coefficient (Wildman–Crippen LogP) is 2.03. The van der Waals surface area contributed by atoms with Crippen molar-refractivity contribution in [2.24, 2.45) is 22.2 Å². The van der Waals surface area contributed by atoms with E-state index in [2.05, 4.69) is 9.71 Å². The molecular weight excluding hydrogens is 296 g/mol. The second kappa shape index (κ2) is 4.31. The maximum Gasteiger partial charge on any atom is 0.236 e. The van der Waals surface area contributed by atoms with Gasteiger partial charge in [0, 0.05) is 0 Å². The van der Waals surface area contributed by atoms with E-state index in [1.54, 1.807) is 5.55 Å². The number of hydrogen-bond donors (Lipinski definition) is 2. The number of rotatable bonds is 2. The number of amides is 1. The lowest BCUT2D eigenvalue weighted by atomic mass is 9.48. The van der Waals surface area contributed by atoms with Crippen LogP contribution in [-0.4, -0.2) is 33.0 Å². The molecule has 0 aromatic carbocycles. The molecule has 0 spiro atoms. The van der Waals surface area contributed by atoms with Crippen LogP contribution in [0.15, 0.2) is 4.99 Å². The molecule has 4 aliphatic carbocycles. The Labute approximate surface area is 126 Å². The molecule has 0 radical (unpaired) electrons. The minimum atomic E-state index is -0.595. The average Bonchev–Trinajstić information content (AvgIpc) is 2.71. The van der Waals surface area contributed by atoms with Gasteiger partial charge in [0.1, 0.15) is 0 Å². The van der Waals surface area contributed by atoms with Gasteiger partial charge in [-0.3, -0.25) is 14.5 Å². The Bertz CT molecular complexity index is 531. The van der Waals surface area contributed by atoms with Crippen LogP contribution in [-0.2, 0) is 4.79 Å². The number of halogens is 1. The number of aliphatic hydroxyl groups is 1. The van der Waals surface area contributed by atoms with E-state index in [0.717, 1.165) is 25.7 Å². The number of nitrogens with zero attached hydrogens (tertiary/aromatic N) is 1. The summed E-state index contributed by atoms with van der Waals surface area (Å²) in [5.41, 5.74) is 0.788. The van der Waals surface area contributed by atoms with Crippen molar-refractivity contribution >= 4 is 38.0 Å². The second-order valence-corrected chi connectivity index (χ2v) is 9.30. The van der Waals surface area contributed by atoms with Crippen LogP contribution in [0.5, 0.6) is 0 Å². The van der Waals surface area contributed by atoms with Crippen LogP contribution in [0.2, 0.25) is 0 Å². The van der Waals surface area contributed by atoms with Crippen LogP contribution in [0, 0.1) is 17.3 Å². The van der Waals surface area contributed by atoms with Gasteiger partial charge in [-0.2, -0.15) is 0 Å². The van der Waals surface area contributed by atoms with Crippen molar-refractivity contribution in [1.29, 1.82) is 0 Å². The molecule has 2 N–H and O–H groups in total. The summed E-state index contributed by atoms with van der Waals surface area (Å²) in [4.78, 5) is 16.9. The van der Waals surface area contributed by atoms with E-state index in [0.29, 0.717) is 29.1 Å². The molecule has 1 aliphatic heterocycles. The maximum absolute atomic E-state index is 12.8. The summed E-state index contributed by atoms with van der Waals surface area (Å²) in [6.45, 7) is 0.507. The lowest BCUT2D eigenvalue weighted by molar-refractivity contribution is -0.176. The summed E-state index contributed by atoms with van der Waals surface area (Å²) in [6, 6.07) is 0. The molecule has 5 aliphatic rings. The second-order valence-electron chi connectivity index (χ2n) is 7.04. The largest absolute Gasteiger partial charge is 0.390 e. The number of carbonyl (C=O) groups is 1. The molecule has 3 atom stereocenters. The van der Waals surface area contributed by atoms with E-state index in [9.17, 15) is 9.90 Å². The summed E-state index contributed by atoms with van der Waals surface area (Å²) in [6.07, 6.45) is 5.46. The van der Waals surface area contributed by atoms with Gasteiger partial charge in [0.05, 0.1) is 27.4 Å². The lowest BCUT2D eigenvalue weighted by Gasteiger charge is -2.59. The molecule has 20 heavy (non-hydrogen) atoms. The van der Waals surface area contributed by atoms with E-state index < -0.39 is 16.3 Å². The number of hydrogen-bond acceptors (Lipinski definition) is 3. The third kappa shape index (κ3) is 1.97. The Morgan fingerprint density at radius 2 is 2.10 bits per heavy atom. The van der Waals surface area contributed by atoms with E-state index in [-0.39, 0.29) is 11.3 Å². The highest BCUT2D eigenvalue weighted by molar-refractivity contribution is 8.27. The van der Waals surface area contributed by atoms with Crippen LogP contribution < -0.4 is 4.72 Å². The van der Waals surface area contributed by atoms with Gasteiger partial charge >= 0.3 is 0 Å². The molecule has 6 heteroatoms. The fraction of sp³-hybridized carbons (Fsp3) is 0.786. The molecule has 4 saturated carbocycles. The van der Waals surface area contributed by atoms with Crippen molar-refractivity contribution < 1.29 is 9.90 Å². The van der Waals surface area contributed by atoms with Crippen molar-refractivity contribution in [3.05, 3.63) is 0 Å². The van der Waals surface area contributed by atoms with E-state index in [1.165, 1.54) is 6.42 Å². The Balaban J connectivity index is 1.60. The summed E-state index contributed by atoms with van der Waals surface area (Å²) >= 11 is 6.10. The molecule has 3 unspecified atom stereocenters. The van der Waals surface area contributed by atoms with Crippen LogP contribution >= 0.6 is 22.3 Å². The van der Waals surface area contributed by atoms with Gasteiger partial charge in [0.2, 0.25) is 5.91 Å². The monoisotopic (exact) mass is 314 g/mol. The SMILES string of the molecule is O=C(NS1=C(Cl)CN=C1)C12CC3CC(CC(O)(C3)C1)C2. The van der Waals surface area contributed by atoms with Gasteiger partial charge in [-0.05, 0) is 61.0 Å². The topological polar surface area (TPSA) is 61.7 Å². The summed E-state index contributed by atoms with van der Waals surface area (Å²) < 4.78 is 3.77. The maximum atomic E-state index is 12.8. The Kier molecular flexibility index (Phi) is 2.86. The first-order chi connectivity index (χ1) is 9.48. The van der Waals surface area contributed by atoms with Crippen LogP contribution in [0.1, 0.15) is 38.5 Å². The van der Waals surface area contributed by atoms with Gasteiger partial charge < -0.3 is 5.11 Å². The third-order valence-electron chi connectivity index (χ3n) is 5.35. The lowest BCUT2D eigenvalue weighted by Crippen LogP contribution is -2.59. The Morgan fingerprint density at radius 1 is 1.40 bits per heavy atom. The van der Waals surface area contributed by atoms with Crippen LogP contribution in [0.3, 0.4) is 0 Å². The van der Waals surface area contributed by atoms with Crippen molar-refractivity contribution in [1.82, 2.24) is 4.72 Å². The van der Waals surface area contributed by atoms with E-state index in [4.69, 9.17) is 11.6 Å². The number of carbonyl (C=O) groups excluding carboxylic acids is 1. The summed E-state index contributed by atoms with van der Waals surface area (Å²) in [7, 11) is -0.519. The minimum absolute atomic E-state index is 0.0832. The molecule has 5 rings (SSSR count). The molecule has 110 valence electrons. The first-order valence-electron chi connectivity index (χ1n) is 7.26. The molecule has 4 bridgehead atoms. The van der Waals surface area contributed by atoms with E-state index in [1.807, 2.05) is 0 Å². The first kappa shape index (κ1) is 13.3. The van der Waals surface area contributed by atoms with Gasteiger partial charge in [0.25, 0.3) is 0 Å². The molecular formula is C14H19ClN2O2S. The zero-order valence-electron chi connectivity index (χ0n) is 11.3. The Morgan fingerprint density at radius 3 is 2.65 bits per heavy atom. The van der Waals surface area contributed by atoms with Crippen LogP contribution in [0.4, 0.5) is 0 Å². The van der Waals surface area contributed by atoms with Crippen LogP contribution in [0.25, 0.3) is 0 Å². The smallest absolute Gasteiger partial charge is 0.236 e. The fourth-order valence-corrected chi connectivity index (χ4v) is 6.52. The molecule has 1 heterocycles. The fourth-order valence-electron chi connectivity index (χ4n) is 5.08. The van der Waals surface area contributed by atoms with E-state index >= 15 is 0 Å². The average molecular weight is 315 g/mol. The first-order valence-corrected chi connectivity index (χ1v) is 8.93. The van der Waals surface area contributed by atoms with Crippen molar-refractivity contribution in [3.8, 4) is 0 Å². The normalized spacial score (nSPS) is 48.9. The highest BCUT2D eigenvalue weighted by Gasteiger charge is 2.60. The quantitative estimate of drug-likeness (QED) is 0.605. The zero-order chi connectivity index (χ0) is 14.0. The molecule has 4 nitrogen and oxygen atoms in total. The summed E-state index contributed by atoms with van der Waals surface area (Å²) in [5.74, 6) is 1.12. The summed E-state index contributed by atoms with van der Waals surface area (Å²) in [5, 5.41) is 10.7. The standard InChI is InChI=1S/C14H19ClN2O2S/c15-11-6-16-8-20(11)17-12(18)13-2-9-1-10(3-13)5-14(19,4-9)7-13/h8-10,19H,1-7H2,(H,17,18). The van der Waals surface area contributed by atoms with Gasteiger partial charge in [0.15, 0.2) is 0 Å². The van der Waals surface area contributed by atoms with Gasteiger partial charge in [-0.25, -0.2) is 0 Å². The molecule has 0 aromatic rings. The number of aliphatic imine (C=N–C) groups is 1. The minimum Gasteiger partial charge on any atom is -0.390 e. The third-order valence-corrected chi connectivity index (χ3v) is 7.34.